The van der Waals surface area contributed by atoms with Gasteiger partial charge in [0.05, 0.1) is 31.3 Å². The van der Waals surface area contributed by atoms with Gasteiger partial charge in [-0.2, -0.15) is 5.10 Å². The van der Waals surface area contributed by atoms with Gasteiger partial charge in [-0.3, -0.25) is 9.89 Å². The van der Waals surface area contributed by atoms with Crippen molar-refractivity contribution in [1.29, 1.82) is 0 Å². The third-order valence-corrected chi connectivity index (χ3v) is 6.71. The zero-order valence-corrected chi connectivity index (χ0v) is 18.7. The fourth-order valence-corrected chi connectivity index (χ4v) is 4.90. The Morgan fingerprint density at radius 2 is 2.03 bits per heavy atom. The number of ether oxygens (including phenoxy) is 2. The normalized spacial score (nSPS) is 20.4. The first-order chi connectivity index (χ1) is 16.4. The van der Waals surface area contributed by atoms with Gasteiger partial charge in [0.25, 0.3) is 0 Å². The number of carbonyl (C=O) groups excluding carboxylic acids is 1. The van der Waals surface area contributed by atoms with Crippen molar-refractivity contribution in [3.63, 3.8) is 0 Å². The summed E-state index contributed by atoms with van der Waals surface area (Å²) >= 11 is 0. The standard InChI is InChI=1S/C24H21FN6O3/c1-11-26-10-20(34-3)22(27-11)29-21-14-7-17(25)13(8-19(14)30-31-21)16-9-24(16)15-6-12(33-2)4-5-18(15)28-23(24)32/h4-8,10,16H,9H2,1-3H3,(H,28,32)(H2,26,27,29,30,31)/t16-,24?/m0/s1. The molecule has 34 heavy (non-hydrogen) atoms. The molecule has 3 N–H and O–H groups in total. The second-order valence-electron chi connectivity index (χ2n) is 8.54. The van der Waals surface area contributed by atoms with Gasteiger partial charge in [0.1, 0.15) is 17.4 Å². The van der Waals surface area contributed by atoms with Crippen molar-refractivity contribution in [3.05, 3.63) is 59.3 Å². The highest BCUT2D eigenvalue weighted by Gasteiger charge is 2.65. The maximum atomic E-state index is 15.4. The van der Waals surface area contributed by atoms with E-state index in [1.165, 1.54) is 13.2 Å². The maximum Gasteiger partial charge on any atom is 0.235 e. The van der Waals surface area contributed by atoms with E-state index in [2.05, 4.69) is 30.8 Å². The minimum absolute atomic E-state index is 0.113. The Labute approximate surface area is 193 Å². The van der Waals surface area contributed by atoms with Gasteiger partial charge >= 0.3 is 0 Å². The van der Waals surface area contributed by atoms with Crippen LogP contribution in [0.15, 0.2) is 36.5 Å². The molecule has 1 saturated carbocycles. The Morgan fingerprint density at radius 1 is 1.18 bits per heavy atom. The maximum absolute atomic E-state index is 15.4. The minimum Gasteiger partial charge on any atom is -0.497 e. The number of H-pyrrole nitrogens is 1. The molecular formula is C24H21FN6O3. The van der Waals surface area contributed by atoms with Gasteiger partial charge in [0.2, 0.25) is 5.91 Å². The number of aromatic nitrogens is 4. The quantitative estimate of drug-likeness (QED) is 0.413. The van der Waals surface area contributed by atoms with Crippen LogP contribution in [0.5, 0.6) is 11.5 Å². The monoisotopic (exact) mass is 460 g/mol. The van der Waals surface area contributed by atoms with Crippen LogP contribution in [0.2, 0.25) is 0 Å². The third-order valence-electron chi connectivity index (χ3n) is 6.71. The molecule has 2 aromatic heterocycles. The van der Waals surface area contributed by atoms with E-state index in [9.17, 15) is 4.79 Å². The predicted octanol–water partition coefficient (Wildman–Crippen LogP) is 3.94. The van der Waals surface area contributed by atoms with E-state index in [0.29, 0.717) is 51.8 Å². The molecule has 9 nitrogen and oxygen atoms in total. The molecule has 1 fully saturated rings. The molecule has 4 aromatic rings. The van der Waals surface area contributed by atoms with Gasteiger partial charge in [0, 0.05) is 17.0 Å². The largest absolute Gasteiger partial charge is 0.497 e. The number of benzene rings is 2. The molecule has 10 heteroatoms. The van der Waals surface area contributed by atoms with Gasteiger partial charge in [-0.05, 0) is 54.8 Å². The summed E-state index contributed by atoms with van der Waals surface area (Å²) < 4.78 is 26.1. The van der Waals surface area contributed by atoms with E-state index in [1.54, 1.807) is 32.4 Å². The minimum atomic E-state index is -0.786. The first-order valence-corrected chi connectivity index (χ1v) is 10.8. The van der Waals surface area contributed by atoms with Crippen LogP contribution in [0.1, 0.15) is 29.3 Å². The number of aromatic amines is 1. The summed E-state index contributed by atoms with van der Waals surface area (Å²) in [6.45, 7) is 1.76. The molecule has 2 aromatic carbocycles. The number of rotatable bonds is 5. The highest BCUT2D eigenvalue weighted by molar-refractivity contribution is 6.10. The van der Waals surface area contributed by atoms with Crippen molar-refractivity contribution in [2.75, 3.05) is 24.9 Å². The summed E-state index contributed by atoms with van der Waals surface area (Å²) in [5, 5.41) is 13.9. The molecule has 0 saturated heterocycles. The lowest BCUT2D eigenvalue weighted by Crippen LogP contribution is -2.21. The number of carbonyl (C=O) groups is 1. The summed E-state index contributed by atoms with van der Waals surface area (Å²) in [7, 11) is 3.10. The lowest BCUT2D eigenvalue weighted by Gasteiger charge is -2.11. The number of methoxy groups -OCH3 is 2. The van der Waals surface area contributed by atoms with Crippen molar-refractivity contribution < 1.29 is 18.7 Å². The number of fused-ring (bicyclic) bond motifs is 3. The zero-order valence-electron chi connectivity index (χ0n) is 18.7. The molecule has 1 aliphatic carbocycles. The number of halogens is 1. The number of nitrogens with zero attached hydrogens (tertiary/aromatic N) is 3. The fraction of sp³-hybridized carbons (Fsp3) is 0.250. The van der Waals surface area contributed by atoms with Crippen LogP contribution < -0.4 is 20.1 Å². The Bertz CT molecular complexity index is 1490. The molecule has 1 unspecified atom stereocenters. The van der Waals surface area contributed by atoms with E-state index >= 15 is 4.39 Å². The zero-order chi connectivity index (χ0) is 23.6. The Kier molecular flexibility index (Phi) is 4.29. The van der Waals surface area contributed by atoms with Crippen LogP contribution in [0, 0.1) is 12.7 Å². The van der Waals surface area contributed by atoms with Crippen molar-refractivity contribution >= 4 is 34.1 Å². The molecular weight excluding hydrogens is 439 g/mol. The number of hydrogen-bond acceptors (Lipinski definition) is 7. The van der Waals surface area contributed by atoms with Crippen LogP contribution in [-0.2, 0) is 10.2 Å². The average molecular weight is 460 g/mol. The van der Waals surface area contributed by atoms with E-state index in [1.807, 2.05) is 12.1 Å². The molecule has 1 spiro atoms. The molecule has 3 heterocycles. The molecule has 6 rings (SSSR count). The highest BCUT2D eigenvalue weighted by Crippen LogP contribution is 2.65. The number of amides is 1. The smallest absolute Gasteiger partial charge is 0.235 e. The highest BCUT2D eigenvalue weighted by atomic mass is 19.1. The van der Waals surface area contributed by atoms with Crippen LogP contribution in [0.4, 0.5) is 21.7 Å². The molecule has 0 radical (unpaired) electrons. The van der Waals surface area contributed by atoms with E-state index in [-0.39, 0.29) is 11.8 Å². The van der Waals surface area contributed by atoms with Gasteiger partial charge in [-0.15, -0.1) is 0 Å². The second-order valence-corrected chi connectivity index (χ2v) is 8.54. The van der Waals surface area contributed by atoms with Gasteiger partial charge in [0.15, 0.2) is 17.4 Å². The van der Waals surface area contributed by atoms with Crippen LogP contribution in [-0.4, -0.2) is 40.3 Å². The van der Waals surface area contributed by atoms with E-state index in [4.69, 9.17) is 9.47 Å². The molecule has 2 aliphatic rings. The number of aryl methyl sites for hydroxylation is 1. The average Bonchev–Trinajstić information content (AvgIpc) is 3.38. The topological polar surface area (TPSA) is 114 Å². The molecule has 172 valence electrons. The van der Waals surface area contributed by atoms with E-state index in [0.717, 1.165) is 11.3 Å². The lowest BCUT2D eigenvalue weighted by atomic mass is 9.91. The number of anilines is 3. The van der Waals surface area contributed by atoms with Crippen molar-refractivity contribution in [1.82, 2.24) is 20.2 Å². The third kappa shape index (κ3) is 2.84. The van der Waals surface area contributed by atoms with Crippen LogP contribution >= 0.6 is 0 Å². The Balaban J connectivity index is 1.37. The first-order valence-electron chi connectivity index (χ1n) is 10.8. The summed E-state index contributed by atoms with van der Waals surface area (Å²) in [6.07, 6.45) is 2.09. The fourth-order valence-electron chi connectivity index (χ4n) is 4.90. The second kappa shape index (κ2) is 7.14. The van der Waals surface area contributed by atoms with Gasteiger partial charge in [-0.1, -0.05) is 0 Å². The first kappa shape index (κ1) is 20.4. The lowest BCUT2D eigenvalue weighted by molar-refractivity contribution is -0.118. The molecule has 1 aliphatic heterocycles. The number of nitrogens with one attached hydrogen (secondary N) is 3. The van der Waals surface area contributed by atoms with Gasteiger partial charge in [-0.25, -0.2) is 14.4 Å². The summed E-state index contributed by atoms with van der Waals surface area (Å²) in [6, 6.07) is 8.65. The Morgan fingerprint density at radius 3 is 2.82 bits per heavy atom. The number of hydrogen-bond donors (Lipinski definition) is 3. The SMILES string of the molecule is COc1ccc2c(c1)C1(C[C@H]1c1cc3[nH]nc(Nc4nc(C)ncc4OC)c3cc1F)C(=O)N2. The van der Waals surface area contributed by atoms with Crippen molar-refractivity contribution in [2.45, 2.75) is 24.7 Å². The Hall–Kier alpha value is -4.21. The predicted molar refractivity (Wildman–Crippen MR) is 123 cm³/mol. The molecule has 1 amide bonds. The summed E-state index contributed by atoms with van der Waals surface area (Å²) in [5.41, 5.74) is 1.93. The summed E-state index contributed by atoms with van der Waals surface area (Å²) in [5.74, 6) is 1.72. The van der Waals surface area contributed by atoms with Crippen LogP contribution in [0.3, 0.4) is 0 Å². The van der Waals surface area contributed by atoms with Gasteiger partial charge < -0.3 is 20.1 Å². The molecule has 0 bridgehead atoms. The van der Waals surface area contributed by atoms with E-state index < -0.39 is 11.2 Å². The van der Waals surface area contributed by atoms with Crippen molar-refractivity contribution in [2.24, 2.45) is 0 Å². The van der Waals surface area contributed by atoms with Crippen molar-refractivity contribution in [3.8, 4) is 11.5 Å². The summed E-state index contributed by atoms with van der Waals surface area (Å²) in [4.78, 5) is 21.4. The molecule has 2 atom stereocenters. The van der Waals surface area contributed by atoms with Crippen LogP contribution in [0.25, 0.3) is 10.9 Å².